The largest absolute Gasteiger partial charge is 0.490 e. The van der Waals surface area contributed by atoms with Crippen molar-refractivity contribution in [3.05, 3.63) is 46.4 Å². The molecule has 2 N–H and O–H groups in total. The molecule has 0 spiro atoms. The summed E-state index contributed by atoms with van der Waals surface area (Å²) in [6.45, 7) is 4.76. The standard InChI is InChI=1S/C17H23N3OS/c1-13-17(22-12-19-13)16(11-18)20-9-7-15(8-10-20)21-14-5-3-2-4-6-14/h2-6,12,15-16H,7-11,18H2,1H3. The van der Waals surface area contributed by atoms with Gasteiger partial charge in [-0.1, -0.05) is 18.2 Å². The zero-order valence-corrected chi connectivity index (χ0v) is 13.8. The van der Waals surface area contributed by atoms with Gasteiger partial charge in [0, 0.05) is 24.5 Å². The van der Waals surface area contributed by atoms with Crippen molar-refractivity contribution in [3.8, 4) is 5.75 Å². The van der Waals surface area contributed by atoms with Crippen LogP contribution in [0.1, 0.15) is 29.5 Å². The maximum atomic E-state index is 6.06. The summed E-state index contributed by atoms with van der Waals surface area (Å²) in [6.07, 6.45) is 2.39. The van der Waals surface area contributed by atoms with Gasteiger partial charge < -0.3 is 10.5 Å². The molecule has 0 bridgehead atoms. The van der Waals surface area contributed by atoms with Crippen molar-refractivity contribution in [1.82, 2.24) is 9.88 Å². The number of nitrogens with two attached hydrogens (primary N) is 1. The van der Waals surface area contributed by atoms with Crippen LogP contribution in [0.2, 0.25) is 0 Å². The summed E-state index contributed by atoms with van der Waals surface area (Å²) < 4.78 is 6.06. The van der Waals surface area contributed by atoms with Gasteiger partial charge in [0.15, 0.2) is 0 Å². The second kappa shape index (κ2) is 7.22. The summed E-state index contributed by atoms with van der Waals surface area (Å²) in [5.41, 5.74) is 9.06. The molecule has 0 saturated carbocycles. The van der Waals surface area contributed by atoms with Gasteiger partial charge in [-0.25, -0.2) is 4.98 Å². The van der Waals surface area contributed by atoms with Crippen molar-refractivity contribution in [2.45, 2.75) is 31.9 Å². The Hall–Kier alpha value is -1.43. The van der Waals surface area contributed by atoms with Gasteiger partial charge in [-0.05, 0) is 31.9 Å². The third kappa shape index (κ3) is 3.48. The molecule has 1 aliphatic rings. The van der Waals surface area contributed by atoms with Crippen LogP contribution in [-0.2, 0) is 0 Å². The first kappa shape index (κ1) is 15.5. The number of hydrogen-bond acceptors (Lipinski definition) is 5. The summed E-state index contributed by atoms with van der Waals surface area (Å²) in [5.74, 6) is 0.967. The summed E-state index contributed by atoms with van der Waals surface area (Å²) in [5, 5.41) is 0. The number of piperidine rings is 1. The second-order valence-electron chi connectivity index (χ2n) is 5.72. The molecule has 22 heavy (non-hydrogen) atoms. The molecule has 4 nitrogen and oxygen atoms in total. The maximum Gasteiger partial charge on any atom is 0.119 e. The molecule has 1 saturated heterocycles. The van der Waals surface area contributed by atoms with Crippen LogP contribution < -0.4 is 10.5 Å². The first-order chi connectivity index (χ1) is 10.8. The minimum absolute atomic E-state index is 0.296. The molecule has 118 valence electrons. The lowest BCUT2D eigenvalue weighted by Crippen LogP contribution is -2.42. The van der Waals surface area contributed by atoms with Gasteiger partial charge in [0.2, 0.25) is 0 Å². The van der Waals surface area contributed by atoms with E-state index in [2.05, 4.69) is 16.8 Å². The van der Waals surface area contributed by atoms with Crippen LogP contribution in [0.15, 0.2) is 35.8 Å². The maximum absolute atomic E-state index is 6.06. The van der Waals surface area contributed by atoms with Crippen LogP contribution in [0.4, 0.5) is 0 Å². The van der Waals surface area contributed by atoms with Crippen LogP contribution in [0, 0.1) is 6.92 Å². The van der Waals surface area contributed by atoms with Gasteiger partial charge >= 0.3 is 0 Å². The van der Waals surface area contributed by atoms with Crippen LogP contribution in [-0.4, -0.2) is 35.6 Å². The molecule has 1 aliphatic heterocycles. The SMILES string of the molecule is Cc1ncsc1C(CN)N1CCC(Oc2ccccc2)CC1. The molecule has 1 fully saturated rings. The predicted molar refractivity (Wildman–Crippen MR) is 90.3 cm³/mol. The summed E-state index contributed by atoms with van der Waals surface area (Å²) in [7, 11) is 0. The first-order valence-corrected chi connectivity index (χ1v) is 8.71. The minimum Gasteiger partial charge on any atom is -0.490 e. The van der Waals surface area contributed by atoms with Gasteiger partial charge in [0.25, 0.3) is 0 Å². The monoisotopic (exact) mass is 317 g/mol. The van der Waals surface area contributed by atoms with E-state index in [0.717, 1.165) is 37.4 Å². The molecule has 2 aromatic rings. The number of aromatic nitrogens is 1. The number of hydrogen-bond donors (Lipinski definition) is 1. The molecule has 0 aliphatic carbocycles. The van der Waals surface area contributed by atoms with Crippen molar-refractivity contribution in [3.63, 3.8) is 0 Å². The predicted octanol–water partition coefficient (Wildman–Crippen LogP) is 2.99. The number of rotatable bonds is 5. The number of para-hydroxylation sites is 1. The molecule has 1 atom stereocenters. The van der Waals surface area contributed by atoms with E-state index in [1.54, 1.807) is 11.3 Å². The molecular weight excluding hydrogens is 294 g/mol. The molecular formula is C17H23N3OS. The van der Waals surface area contributed by atoms with Crippen molar-refractivity contribution in [2.75, 3.05) is 19.6 Å². The van der Waals surface area contributed by atoms with Crippen LogP contribution >= 0.6 is 11.3 Å². The number of ether oxygens (including phenoxy) is 1. The summed E-state index contributed by atoms with van der Waals surface area (Å²) in [6, 6.07) is 10.4. The Balaban J connectivity index is 1.58. The van der Waals surface area contributed by atoms with Gasteiger partial charge in [-0.3, -0.25) is 4.90 Å². The average Bonchev–Trinajstić information content (AvgIpc) is 2.97. The highest BCUT2D eigenvalue weighted by atomic mass is 32.1. The second-order valence-corrected chi connectivity index (χ2v) is 6.61. The topological polar surface area (TPSA) is 51.4 Å². The van der Waals surface area contributed by atoms with Gasteiger partial charge in [0.1, 0.15) is 11.9 Å². The number of nitrogens with zero attached hydrogens (tertiary/aromatic N) is 2. The Morgan fingerprint density at radius 3 is 2.64 bits per heavy atom. The first-order valence-electron chi connectivity index (χ1n) is 7.83. The third-order valence-electron chi connectivity index (χ3n) is 4.27. The van der Waals surface area contributed by atoms with E-state index in [1.807, 2.05) is 35.8 Å². The van der Waals surface area contributed by atoms with Crippen LogP contribution in [0.3, 0.4) is 0 Å². The minimum atomic E-state index is 0.296. The van der Waals surface area contributed by atoms with E-state index in [0.29, 0.717) is 18.7 Å². The zero-order chi connectivity index (χ0) is 15.4. The normalized spacial score (nSPS) is 18.3. The molecule has 3 rings (SSSR count). The summed E-state index contributed by atoms with van der Waals surface area (Å²) >= 11 is 1.72. The van der Waals surface area contributed by atoms with Crippen molar-refractivity contribution >= 4 is 11.3 Å². The van der Waals surface area contributed by atoms with Crippen molar-refractivity contribution in [1.29, 1.82) is 0 Å². The Morgan fingerprint density at radius 1 is 1.32 bits per heavy atom. The van der Waals surface area contributed by atoms with Gasteiger partial charge in [-0.2, -0.15) is 0 Å². The highest BCUT2D eigenvalue weighted by Crippen LogP contribution is 2.29. The smallest absolute Gasteiger partial charge is 0.119 e. The Labute approximate surface area is 135 Å². The molecule has 0 radical (unpaired) electrons. The van der Waals surface area contributed by atoms with Crippen molar-refractivity contribution < 1.29 is 4.74 Å². The fourth-order valence-electron chi connectivity index (χ4n) is 3.05. The van der Waals surface area contributed by atoms with Gasteiger partial charge in [0.05, 0.1) is 17.2 Å². The van der Waals surface area contributed by atoms with E-state index in [-0.39, 0.29) is 0 Å². The molecule has 1 aromatic heterocycles. The Kier molecular flexibility index (Phi) is 5.08. The zero-order valence-electron chi connectivity index (χ0n) is 12.9. The number of aryl methyl sites for hydroxylation is 1. The average molecular weight is 317 g/mol. The Morgan fingerprint density at radius 2 is 2.05 bits per heavy atom. The Bertz CT molecular complexity index is 579. The molecule has 1 unspecified atom stereocenters. The van der Waals surface area contributed by atoms with Crippen LogP contribution in [0.25, 0.3) is 0 Å². The van der Waals surface area contributed by atoms with E-state index < -0.39 is 0 Å². The van der Waals surface area contributed by atoms with Crippen molar-refractivity contribution in [2.24, 2.45) is 5.73 Å². The molecule has 1 aromatic carbocycles. The quantitative estimate of drug-likeness (QED) is 0.921. The van der Waals surface area contributed by atoms with Gasteiger partial charge in [-0.15, -0.1) is 11.3 Å². The lowest BCUT2D eigenvalue weighted by molar-refractivity contribution is 0.0777. The molecule has 2 heterocycles. The van der Waals surface area contributed by atoms with Crippen LogP contribution in [0.5, 0.6) is 5.75 Å². The number of benzene rings is 1. The molecule has 5 heteroatoms. The number of likely N-dealkylation sites (tertiary alicyclic amines) is 1. The van der Waals surface area contributed by atoms with E-state index in [1.165, 1.54) is 4.88 Å². The highest BCUT2D eigenvalue weighted by Gasteiger charge is 2.28. The fourth-order valence-corrected chi connectivity index (χ4v) is 4.00. The van der Waals surface area contributed by atoms with E-state index >= 15 is 0 Å². The van der Waals surface area contributed by atoms with E-state index in [9.17, 15) is 0 Å². The lowest BCUT2D eigenvalue weighted by atomic mass is 10.0. The fraction of sp³-hybridized carbons (Fsp3) is 0.471. The third-order valence-corrected chi connectivity index (χ3v) is 5.30. The lowest BCUT2D eigenvalue weighted by Gasteiger charge is -2.36. The highest BCUT2D eigenvalue weighted by molar-refractivity contribution is 7.09. The summed E-state index contributed by atoms with van der Waals surface area (Å²) in [4.78, 5) is 8.15. The van der Waals surface area contributed by atoms with E-state index in [4.69, 9.17) is 10.5 Å². The number of thiazole rings is 1. The molecule has 0 amide bonds.